The Labute approximate surface area is 255 Å². The Bertz CT molecular complexity index is 1460. The molecule has 220 valence electrons. The van der Waals surface area contributed by atoms with E-state index < -0.39 is 0 Å². The van der Waals surface area contributed by atoms with Gasteiger partial charge >= 0.3 is 0 Å². The number of carbonyl (C=O) groups is 1. The van der Waals surface area contributed by atoms with Gasteiger partial charge in [-0.25, -0.2) is 0 Å². The van der Waals surface area contributed by atoms with Crippen molar-refractivity contribution in [1.82, 2.24) is 4.90 Å². The van der Waals surface area contributed by atoms with E-state index in [1.165, 1.54) is 27.0 Å². The van der Waals surface area contributed by atoms with Gasteiger partial charge in [-0.1, -0.05) is 36.4 Å². The third-order valence-corrected chi connectivity index (χ3v) is 8.25. The molecule has 4 aromatic rings. The Morgan fingerprint density at radius 1 is 0.857 bits per heavy atom. The fraction of sp³-hybridized carbons (Fsp3) is 0.286. The second-order valence-electron chi connectivity index (χ2n) is 10.4. The number of Topliss-reactive ketones (excluding diaryl/α,β-unsaturated/α-hetero) is 1. The van der Waals surface area contributed by atoms with Crippen molar-refractivity contribution in [2.24, 2.45) is 0 Å². The van der Waals surface area contributed by atoms with Crippen molar-refractivity contribution in [3.8, 4) is 5.75 Å². The SMILES string of the molecule is C/C=C\C.COc1ccc(C(=O)CN2CCN(c3ccc(NSc4cccc5c(N(C)C)cccc45)cc3)CC2)cc1. The van der Waals surface area contributed by atoms with Gasteiger partial charge in [-0.15, -0.1) is 0 Å². The van der Waals surface area contributed by atoms with Gasteiger partial charge < -0.3 is 19.3 Å². The minimum Gasteiger partial charge on any atom is -0.497 e. The van der Waals surface area contributed by atoms with Gasteiger partial charge in [-0.05, 0) is 91.8 Å². The van der Waals surface area contributed by atoms with Crippen molar-refractivity contribution < 1.29 is 9.53 Å². The number of hydrogen-bond donors (Lipinski definition) is 1. The summed E-state index contributed by atoms with van der Waals surface area (Å²) in [6, 6.07) is 28.9. The summed E-state index contributed by atoms with van der Waals surface area (Å²) in [5.41, 5.74) is 4.24. The minimum absolute atomic E-state index is 0.151. The average molecular weight is 583 g/mol. The summed E-state index contributed by atoms with van der Waals surface area (Å²) in [6.07, 6.45) is 4.00. The molecule has 5 rings (SSSR count). The van der Waals surface area contributed by atoms with Gasteiger partial charge in [0.25, 0.3) is 0 Å². The fourth-order valence-corrected chi connectivity index (χ4v) is 5.63. The van der Waals surface area contributed by atoms with Crippen molar-refractivity contribution in [3.63, 3.8) is 0 Å². The maximum absolute atomic E-state index is 12.7. The fourth-order valence-electron chi connectivity index (χ4n) is 4.83. The summed E-state index contributed by atoms with van der Waals surface area (Å²) in [5.74, 6) is 0.917. The molecule has 1 fully saturated rings. The van der Waals surface area contributed by atoms with Crippen LogP contribution in [0.5, 0.6) is 5.75 Å². The van der Waals surface area contributed by atoms with E-state index in [2.05, 4.69) is 94.2 Å². The van der Waals surface area contributed by atoms with Crippen LogP contribution in [-0.2, 0) is 0 Å². The number of allylic oxidation sites excluding steroid dienone is 2. The molecule has 0 bridgehead atoms. The molecule has 0 radical (unpaired) electrons. The van der Waals surface area contributed by atoms with Crippen LogP contribution in [-0.4, -0.2) is 64.6 Å². The Morgan fingerprint density at radius 2 is 1.50 bits per heavy atom. The number of methoxy groups -OCH3 is 1. The summed E-state index contributed by atoms with van der Waals surface area (Å²) >= 11 is 1.64. The molecule has 0 unspecified atom stereocenters. The van der Waals surface area contributed by atoms with Crippen LogP contribution in [0, 0.1) is 0 Å². The maximum atomic E-state index is 12.7. The second kappa shape index (κ2) is 15.3. The molecule has 7 heteroatoms. The zero-order chi connectivity index (χ0) is 29.9. The maximum Gasteiger partial charge on any atom is 0.176 e. The van der Waals surface area contributed by atoms with Crippen molar-refractivity contribution in [2.75, 3.05) is 68.5 Å². The topological polar surface area (TPSA) is 48.1 Å². The van der Waals surface area contributed by atoms with Crippen LogP contribution < -0.4 is 19.3 Å². The van der Waals surface area contributed by atoms with Gasteiger partial charge in [0.1, 0.15) is 5.75 Å². The molecule has 0 aromatic heterocycles. The molecule has 0 aliphatic carbocycles. The van der Waals surface area contributed by atoms with Crippen LogP contribution >= 0.6 is 11.9 Å². The lowest BCUT2D eigenvalue weighted by molar-refractivity contribution is 0.0926. The molecule has 1 aliphatic rings. The van der Waals surface area contributed by atoms with E-state index in [9.17, 15) is 4.79 Å². The number of hydrogen-bond acceptors (Lipinski definition) is 7. The van der Waals surface area contributed by atoms with Gasteiger partial charge in [0, 0.05) is 73.2 Å². The first-order valence-electron chi connectivity index (χ1n) is 14.4. The number of ketones is 1. The Kier molecular flexibility index (Phi) is 11.3. The highest BCUT2D eigenvalue weighted by Gasteiger charge is 2.20. The van der Waals surface area contributed by atoms with Gasteiger partial charge in [0.05, 0.1) is 13.7 Å². The zero-order valence-corrected chi connectivity index (χ0v) is 26.2. The highest BCUT2D eigenvalue weighted by molar-refractivity contribution is 8.00. The van der Waals surface area contributed by atoms with Gasteiger partial charge in [-0.3, -0.25) is 9.69 Å². The second-order valence-corrected chi connectivity index (χ2v) is 11.2. The van der Waals surface area contributed by atoms with E-state index in [1.54, 1.807) is 19.1 Å². The third kappa shape index (κ3) is 8.08. The lowest BCUT2D eigenvalue weighted by Gasteiger charge is -2.35. The first-order chi connectivity index (χ1) is 20.4. The molecule has 0 saturated carbocycles. The quantitative estimate of drug-likeness (QED) is 0.124. The lowest BCUT2D eigenvalue weighted by Crippen LogP contribution is -2.48. The van der Waals surface area contributed by atoms with E-state index >= 15 is 0 Å². The number of ether oxygens (including phenoxy) is 1. The Morgan fingerprint density at radius 3 is 2.12 bits per heavy atom. The predicted molar refractivity (Wildman–Crippen MR) is 181 cm³/mol. The number of piperazine rings is 1. The number of anilines is 3. The molecule has 1 heterocycles. The van der Waals surface area contributed by atoms with Gasteiger partial charge in [0.15, 0.2) is 5.78 Å². The summed E-state index contributed by atoms with van der Waals surface area (Å²) in [4.78, 5) is 20.7. The number of fused-ring (bicyclic) bond motifs is 1. The van der Waals surface area contributed by atoms with Crippen LogP contribution in [0.25, 0.3) is 10.8 Å². The third-order valence-electron chi connectivity index (χ3n) is 7.34. The van der Waals surface area contributed by atoms with Gasteiger partial charge in [-0.2, -0.15) is 0 Å². The molecular weight excluding hydrogens is 540 g/mol. The largest absolute Gasteiger partial charge is 0.497 e. The number of carbonyl (C=O) groups excluding carboxylic acids is 1. The highest BCUT2D eigenvalue weighted by atomic mass is 32.2. The Balaban J connectivity index is 0.000000952. The van der Waals surface area contributed by atoms with Crippen LogP contribution in [0.1, 0.15) is 24.2 Å². The number of nitrogens with one attached hydrogen (secondary N) is 1. The Hall–Kier alpha value is -3.94. The van der Waals surface area contributed by atoms with Crippen molar-refractivity contribution in [3.05, 3.63) is 103 Å². The standard InChI is InChI=1S/C31H34N4O2S.C4H8/c1-33(2)29-8-4-7-28-27(29)6-5-9-31(28)38-32-24-12-14-25(15-13-24)35-20-18-34(19-21-35)22-30(36)23-10-16-26(37-3)17-11-23;1-3-4-2/h4-17,32H,18-22H2,1-3H3;3-4H,1-2H3/b;4-3-. The first kappa shape index (κ1) is 31.0. The van der Waals surface area contributed by atoms with Crippen LogP contribution in [0.3, 0.4) is 0 Å². The van der Waals surface area contributed by atoms with Crippen LogP contribution in [0.2, 0.25) is 0 Å². The van der Waals surface area contributed by atoms with Gasteiger partial charge in [0.2, 0.25) is 0 Å². The van der Waals surface area contributed by atoms with E-state index in [-0.39, 0.29) is 5.78 Å². The van der Waals surface area contributed by atoms with Crippen molar-refractivity contribution in [1.29, 1.82) is 0 Å². The first-order valence-corrected chi connectivity index (χ1v) is 15.2. The summed E-state index contributed by atoms with van der Waals surface area (Å²) in [5, 5.41) is 2.50. The molecule has 1 aliphatic heterocycles. The summed E-state index contributed by atoms with van der Waals surface area (Å²) < 4.78 is 8.70. The summed E-state index contributed by atoms with van der Waals surface area (Å²) in [6.45, 7) is 8.00. The minimum atomic E-state index is 0.151. The lowest BCUT2D eigenvalue weighted by atomic mass is 10.1. The molecule has 4 aromatic carbocycles. The zero-order valence-electron chi connectivity index (χ0n) is 25.3. The highest BCUT2D eigenvalue weighted by Crippen LogP contribution is 2.33. The number of nitrogens with zero attached hydrogens (tertiary/aromatic N) is 3. The van der Waals surface area contributed by atoms with E-state index in [0.29, 0.717) is 6.54 Å². The molecule has 0 amide bonds. The van der Waals surface area contributed by atoms with Crippen LogP contribution in [0.15, 0.2) is 102 Å². The molecule has 6 nitrogen and oxygen atoms in total. The molecule has 0 atom stereocenters. The average Bonchev–Trinajstić information content (AvgIpc) is 3.04. The molecule has 1 N–H and O–H groups in total. The summed E-state index contributed by atoms with van der Waals surface area (Å²) in [7, 11) is 5.79. The number of benzene rings is 4. The van der Waals surface area contributed by atoms with E-state index in [1.807, 2.05) is 50.3 Å². The van der Waals surface area contributed by atoms with Crippen LogP contribution in [0.4, 0.5) is 17.1 Å². The molecule has 1 saturated heterocycles. The van der Waals surface area contributed by atoms with Crippen molar-refractivity contribution >= 4 is 45.6 Å². The van der Waals surface area contributed by atoms with E-state index in [4.69, 9.17) is 4.74 Å². The molecule has 0 spiro atoms. The van der Waals surface area contributed by atoms with E-state index in [0.717, 1.165) is 43.2 Å². The smallest absolute Gasteiger partial charge is 0.176 e. The normalized spacial score (nSPS) is 13.5. The predicted octanol–water partition coefficient (Wildman–Crippen LogP) is 7.62. The molecule has 42 heavy (non-hydrogen) atoms. The molecular formula is C35H42N4O2S. The van der Waals surface area contributed by atoms with Crippen molar-refractivity contribution in [2.45, 2.75) is 18.7 Å². The monoisotopic (exact) mass is 582 g/mol. The number of rotatable bonds is 9.